The maximum atomic E-state index is 12.0. The van der Waals surface area contributed by atoms with Crippen LogP contribution in [0, 0.1) is 0 Å². The van der Waals surface area contributed by atoms with Crippen molar-refractivity contribution >= 4 is 5.90 Å². The van der Waals surface area contributed by atoms with Gasteiger partial charge in [0.2, 0.25) is 0 Å². The molecule has 1 aliphatic rings. The quantitative estimate of drug-likeness (QED) is 0.626. The number of aliphatic hydroxyl groups excluding tert-OH is 1. The predicted molar refractivity (Wildman–Crippen MR) is 93.6 cm³/mol. The Hall–Kier alpha value is -1.62. The van der Waals surface area contributed by atoms with Gasteiger partial charge in [0.15, 0.2) is 5.90 Å². The van der Waals surface area contributed by atoms with Crippen LogP contribution >= 0.6 is 0 Å². The van der Waals surface area contributed by atoms with Gasteiger partial charge in [0.1, 0.15) is 17.9 Å². The average molecular weight is 337 g/mol. The minimum absolute atomic E-state index is 0.00788. The lowest BCUT2D eigenvalue weighted by atomic mass is 9.94. The summed E-state index contributed by atoms with van der Waals surface area (Å²) in [7, 11) is 0. The molecule has 0 saturated heterocycles. The standard InChI is InChI=1S/C19H28FNO3/c1-16-21-19(14-22,15-24-16)11-10-17-6-8-18(9-7-17)23-13-5-3-2-4-12-20/h6-9,22H,2-5,10-15H2,1H3/t19-/m1/s1. The molecule has 1 N–H and O–H groups in total. The molecule has 0 spiro atoms. The topological polar surface area (TPSA) is 51.1 Å². The van der Waals surface area contributed by atoms with Gasteiger partial charge in [0.05, 0.1) is 19.9 Å². The maximum Gasteiger partial charge on any atom is 0.180 e. The van der Waals surface area contributed by atoms with E-state index in [1.54, 1.807) is 0 Å². The fraction of sp³-hybridized carbons (Fsp3) is 0.632. The fourth-order valence-electron chi connectivity index (χ4n) is 2.79. The molecule has 1 aromatic carbocycles. The highest BCUT2D eigenvalue weighted by molar-refractivity contribution is 5.75. The lowest BCUT2D eigenvalue weighted by molar-refractivity contribution is 0.150. The van der Waals surface area contributed by atoms with E-state index < -0.39 is 5.54 Å². The molecule has 134 valence electrons. The van der Waals surface area contributed by atoms with Crippen LogP contribution < -0.4 is 4.74 Å². The third-order valence-corrected chi connectivity index (χ3v) is 4.34. The van der Waals surface area contributed by atoms with Gasteiger partial charge < -0.3 is 14.6 Å². The average Bonchev–Trinajstić information content (AvgIpc) is 2.99. The Morgan fingerprint density at radius 3 is 2.58 bits per heavy atom. The fourth-order valence-corrected chi connectivity index (χ4v) is 2.79. The number of benzene rings is 1. The zero-order valence-corrected chi connectivity index (χ0v) is 14.5. The van der Waals surface area contributed by atoms with Gasteiger partial charge in [-0.2, -0.15) is 0 Å². The van der Waals surface area contributed by atoms with E-state index in [0.29, 0.717) is 25.5 Å². The van der Waals surface area contributed by atoms with E-state index >= 15 is 0 Å². The number of nitrogens with zero attached hydrogens (tertiary/aromatic N) is 1. The second-order valence-electron chi connectivity index (χ2n) is 6.40. The number of ether oxygens (including phenoxy) is 2. The first kappa shape index (κ1) is 18.7. The van der Waals surface area contributed by atoms with E-state index in [-0.39, 0.29) is 13.3 Å². The number of aryl methyl sites for hydroxylation is 1. The molecule has 0 unspecified atom stereocenters. The molecule has 24 heavy (non-hydrogen) atoms. The number of unbranched alkanes of at least 4 members (excludes halogenated alkanes) is 3. The number of hydrogen-bond acceptors (Lipinski definition) is 4. The Labute approximate surface area is 143 Å². The molecule has 0 bridgehead atoms. The van der Waals surface area contributed by atoms with Crippen LogP contribution in [0.25, 0.3) is 0 Å². The first-order valence-corrected chi connectivity index (χ1v) is 8.75. The summed E-state index contributed by atoms with van der Waals surface area (Å²) in [5.41, 5.74) is 0.705. The van der Waals surface area contributed by atoms with Crippen molar-refractivity contribution in [1.82, 2.24) is 0 Å². The van der Waals surface area contributed by atoms with Crippen LogP contribution in [0.2, 0.25) is 0 Å². The molecular formula is C19H28FNO3. The molecule has 4 nitrogen and oxygen atoms in total. The summed E-state index contributed by atoms with van der Waals surface area (Å²) in [6.45, 7) is 2.73. The van der Waals surface area contributed by atoms with Gasteiger partial charge in [-0.05, 0) is 49.8 Å². The highest BCUT2D eigenvalue weighted by atomic mass is 19.1. The van der Waals surface area contributed by atoms with Crippen molar-refractivity contribution in [2.45, 2.75) is 51.0 Å². The molecule has 0 aliphatic carbocycles. The minimum Gasteiger partial charge on any atom is -0.494 e. The monoisotopic (exact) mass is 337 g/mol. The number of alkyl halides is 1. The molecule has 5 heteroatoms. The van der Waals surface area contributed by atoms with Crippen LogP contribution in [-0.4, -0.2) is 43.0 Å². The second-order valence-corrected chi connectivity index (χ2v) is 6.40. The number of aliphatic hydroxyl groups is 1. The molecule has 1 atom stereocenters. The number of halogens is 1. The summed E-state index contributed by atoms with van der Waals surface area (Å²) in [6, 6.07) is 8.05. The zero-order chi connectivity index (χ0) is 17.3. The lowest BCUT2D eigenvalue weighted by Crippen LogP contribution is -2.33. The molecule has 0 fully saturated rings. The lowest BCUT2D eigenvalue weighted by Gasteiger charge is -2.21. The zero-order valence-electron chi connectivity index (χ0n) is 14.5. The number of rotatable bonds is 11. The molecular weight excluding hydrogens is 309 g/mol. The first-order valence-electron chi connectivity index (χ1n) is 8.75. The molecule has 2 rings (SSSR count). The van der Waals surface area contributed by atoms with Crippen molar-refractivity contribution in [3.8, 4) is 5.75 Å². The van der Waals surface area contributed by atoms with E-state index in [4.69, 9.17) is 9.47 Å². The second kappa shape index (κ2) is 9.62. The van der Waals surface area contributed by atoms with E-state index in [2.05, 4.69) is 17.1 Å². The molecule has 1 aromatic rings. The van der Waals surface area contributed by atoms with E-state index in [1.807, 2.05) is 19.1 Å². The van der Waals surface area contributed by atoms with Crippen molar-refractivity contribution in [3.05, 3.63) is 29.8 Å². The van der Waals surface area contributed by atoms with Crippen molar-refractivity contribution in [1.29, 1.82) is 0 Å². The molecule has 0 saturated carbocycles. The first-order chi connectivity index (χ1) is 11.7. The molecule has 0 aromatic heterocycles. The molecule has 1 aliphatic heterocycles. The SMILES string of the molecule is CC1=N[C@@](CO)(CCc2ccc(OCCCCCCF)cc2)CO1. The van der Waals surface area contributed by atoms with Crippen molar-refractivity contribution in [2.24, 2.45) is 4.99 Å². The summed E-state index contributed by atoms with van der Waals surface area (Å²) in [6.07, 6.45) is 5.14. The predicted octanol–water partition coefficient (Wildman–Crippen LogP) is 3.71. The normalized spacial score (nSPS) is 19.9. The summed E-state index contributed by atoms with van der Waals surface area (Å²) in [5, 5.41) is 9.60. The summed E-state index contributed by atoms with van der Waals surface area (Å²) < 4.78 is 23.1. The molecule has 1 heterocycles. The Morgan fingerprint density at radius 1 is 1.21 bits per heavy atom. The van der Waals surface area contributed by atoms with Gasteiger partial charge in [0.25, 0.3) is 0 Å². The highest BCUT2D eigenvalue weighted by Gasteiger charge is 2.34. The maximum absolute atomic E-state index is 12.0. The van der Waals surface area contributed by atoms with Crippen molar-refractivity contribution < 1.29 is 19.0 Å². The van der Waals surface area contributed by atoms with Crippen LogP contribution in [-0.2, 0) is 11.2 Å². The number of hydrogen-bond donors (Lipinski definition) is 1. The Morgan fingerprint density at radius 2 is 1.96 bits per heavy atom. The minimum atomic E-state index is -0.487. The van der Waals surface area contributed by atoms with Gasteiger partial charge in [-0.1, -0.05) is 18.6 Å². The molecule has 0 amide bonds. The van der Waals surface area contributed by atoms with Gasteiger partial charge in [-0.25, -0.2) is 4.99 Å². The van der Waals surface area contributed by atoms with E-state index in [0.717, 1.165) is 37.9 Å². The highest BCUT2D eigenvalue weighted by Crippen LogP contribution is 2.25. The third-order valence-electron chi connectivity index (χ3n) is 4.34. The smallest absolute Gasteiger partial charge is 0.180 e. The third kappa shape index (κ3) is 5.78. The van der Waals surface area contributed by atoms with Crippen LogP contribution in [0.5, 0.6) is 5.75 Å². The van der Waals surface area contributed by atoms with Crippen LogP contribution in [0.4, 0.5) is 4.39 Å². The van der Waals surface area contributed by atoms with Crippen molar-refractivity contribution in [3.63, 3.8) is 0 Å². The summed E-state index contributed by atoms with van der Waals surface area (Å²) in [4.78, 5) is 4.44. The van der Waals surface area contributed by atoms with Gasteiger partial charge >= 0.3 is 0 Å². The Balaban J connectivity index is 1.72. The molecule has 0 radical (unpaired) electrons. The van der Waals surface area contributed by atoms with Gasteiger partial charge in [-0.3, -0.25) is 4.39 Å². The van der Waals surface area contributed by atoms with E-state index in [1.165, 1.54) is 5.56 Å². The van der Waals surface area contributed by atoms with Crippen LogP contribution in [0.1, 0.15) is 44.6 Å². The van der Waals surface area contributed by atoms with Crippen molar-refractivity contribution in [2.75, 3.05) is 26.5 Å². The Kier molecular flexibility index (Phi) is 7.50. The summed E-state index contributed by atoms with van der Waals surface area (Å²) >= 11 is 0. The van der Waals surface area contributed by atoms with Gasteiger partial charge in [-0.15, -0.1) is 0 Å². The number of aliphatic imine (C=N–C) groups is 1. The van der Waals surface area contributed by atoms with Crippen LogP contribution in [0.3, 0.4) is 0 Å². The largest absolute Gasteiger partial charge is 0.494 e. The van der Waals surface area contributed by atoms with E-state index in [9.17, 15) is 9.50 Å². The Bertz CT molecular complexity index is 518. The summed E-state index contributed by atoms with van der Waals surface area (Å²) in [5.74, 6) is 1.51. The van der Waals surface area contributed by atoms with Gasteiger partial charge in [0, 0.05) is 6.92 Å². The van der Waals surface area contributed by atoms with Crippen LogP contribution in [0.15, 0.2) is 29.3 Å².